The summed E-state index contributed by atoms with van der Waals surface area (Å²) < 4.78 is 11.1. The number of carbonyl (C=O) groups is 2. The van der Waals surface area contributed by atoms with Gasteiger partial charge in [0.15, 0.2) is 0 Å². The fourth-order valence-corrected chi connectivity index (χ4v) is 6.01. The van der Waals surface area contributed by atoms with Crippen molar-refractivity contribution in [3.8, 4) is 0 Å². The van der Waals surface area contributed by atoms with Gasteiger partial charge in [-0.15, -0.1) is 0 Å². The molecule has 0 saturated carbocycles. The Balaban J connectivity index is 2.14. The first-order chi connectivity index (χ1) is 13.7. The van der Waals surface area contributed by atoms with Gasteiger partial charge in [-0.2, -0.15) is 0 Å². The molecule has 0 aliphatic carbocycles. The van der Waals surface area contributed by atoms with Gasteiger partial charge in [0.05, 0.1) is 23.0 Å². The van der Waals surface area contributed by atoms with Crippen LogP contribution in [0.25, 0.3) is 5.57 Å². The van der Waals surface area contributed by atoms with Gasteiger partial charge in [-0.1, -0.05) is 47.4 Å². The fourth-order valence-electron chi connectivity index (χ4n) is 3.07. The highest BCUT2D eigenvalue weighted by Gasteiger charge is 2.40. The van der Waals surface area contributed by atoms with E-state index in [9.17, 15) is 9.59 Å². The van der Waals surface area contributed by atoms with Gasteiger partial charge in [-0.25, -0.2) is 9.59 Å². The summed E-state index contributed by atoms with van der Waals surface area (Å²) in [5.41, 5.74) is 3.47. The van der Waals surface area contributed by atoms with Crippen molar-refractivity contribution >= 4 is 63.8 Å². The minimum Gasteiger partial charge on any atom is -0.462 e. The van der Waals surface area contributed by atoms with Crippen LogP contribution in [0.4, 0.5) is 5.69 Å². The molecule has 0 unspecified atom stereocenters. The van der Waals surface area contributed by atoms with Crippen LogP contribution in [0.1, 0.15) is 38.8 Å². The Hall–Kier alpha value is -1.77. The van der Waals surface area contributed by atoms with E-state index in [1.54, 1.807) is 13.8 Å². The quantitative estimate of drug-likeness (QED) is 0.389. The molecule has 0 saturated heterocycles. The van der Waals surface area contributed by atoms with E-state index in [-0.39, 0.29) is 23.0 Å². The molecule has 0 spiro atoms. The highest BCUT2D eigenvalue weighted by atomic mass is 32.2. The largest absolute Gasteiger partial charge is 0.462 e. The number of carbonyl (C=O) groups excluding carboxylic acids is 2. The van der Waals surface area contributed by atoms with Crippen LogP contribution in [0.5, 0.6) is 0 Å². The Bertz CT molecular complexity index is 931. The molecule has 0 aromatic heterocycles. The van der Waals surface area contributed by atoms with Crippen molar-refractivity contribution in [1.82, 2.24) is 0 Å². The van der Waals surface area contributed by atoms with Crippen LogP contribution in [0.3, 0.4) is 0 Å². The van der Waals surface area contributed by atoms with Crippen LogP contribution in [0.15, 0.2) is 32.2 Å². The number of anilines is 1. The molecule has 154 valence electrons. The molecule has 1 aromatic carbocycles. The summed E-state index contributed by atoms with van der Waals surface area (Å²) in [6.45, 7) is 9.99. The average molecular weight is 450 g/mol. The maximum atomic E-state index is 12.5. The first-order valence-corrected chi connectivity index (χ1v) is 11.4. The van der Waals surface area contributed by atoms with Gasteiger partial charge in [0.25, 0.3) is 0 Å². The van der Waals surface area contributed by atoms with Crippen molar-refractivity contribution in [2.24, 2.45) is 0 Å². The lowest BCUT2D eigenvalue weighted by Gasteiger charge is -2.37. The van der Waals surface area contributed by atoms with E-state index in [2.05, 4.69) is 11.4 Å². The van der Waals surface area contributed by atoms with Gasteiger partial charge in [0.2, 0.25) is 0 Å². The Labute approximate surface area is 184 Å². The molecule has 0 fully saturated rings. The van der Waals surface area contributed by atoms with E-state index in [0.717, 1.165) is 31.5 Å². The van der Waals surface area contributed by atoms with E-state index < -0.39 is 17.5 Å². The lowest BCUT2D eigenvalue weighted by Crippen LogP contribution is -2.43. The molecule has 2 aliphatic heterocycles. The molecule has 0 radical (unpaired) electrons. The number of rotatable bonds is 4. The van der Waals surface area contributed by atoms with Gasteiger partial charge in [0.1, 0.15) is 9.81 Å². The van der Waals surface area contributed by atoms with Crippen molar-refractivity contribution in [2.45, 2.75) is 40.2 Å². The predicted molar refractivity (Wildman–Crippen MR) is 124 cm³/mol. The van der Waals surface area contributed by atoms with Crippen LogP contribution < -0.4 is 5.32 Å². The molecule has 2 aliphatic rings. The number of esters is 2. The Morgan fingerprint density at radius 3 is 2.14 bits per heavy atom. The third-order valence-corrected chi connectivity index (χ3v) is 7.68. The third-order valence-electron chi connectivity index (χ3n) is 4.41. The van der Waals surface area contributed by atoms with E-state index >= 15 is 0 Å². The van der Waals surface area contributed by atoms with Gasteiger partial charge in [0, 0.05) is 21.7 Å². The SMILES string of the molecule is CCOC(=O)C1=C(C(=O)OCC)SC(=C2C(=S)C(C)(C)Nc3ccc(C)cc32)S1. The number of benzene rings is 1. The molecule has 5 nitrogen and oxygen atoms in total. The average Bonchev–Trinajstić information content (AvgIpc) is 3.09. The number of nitrogens with one attached hydrogen (secondary N) is 1. The van der Waals surface area contributed by atoms with E-state index in [1.165, 1.54) is 23.5 Å². The standard InChI is InChI=1S/C21H23NO4S3/c1-6-25-18(23)15-16(19(24)26-7-2)29-20(28-15)14-12-10-11(3)8-9-13(12)22-21(4,5)17(14)27/h8-10,22H,6-7H2,1-5H3. The van der Waals surface area contributed by atoms with Crippen molar-refractivity contribution < 1.29 is 19.1 Å². The van der Waals surface area contributed by atoms with Gasteiger partial charge < -0.3 is 14.8 Å². The number of hydrogen-bond acceptors (Lipinski definition) is 8. The third kappa shape index (κ3) is 4.25. The van der Waals surface area contributed by atoms with Gasteiger partial charge >= 0.3 is 11.9 Å². The minimum absolute atomic E-state index is 0.229. The number of thiocarbonyl (C=S) groups is 1. The normalized spacial score (nSPS) is 17.8. The highest BCUT2D eigenvalue weighted by Crippen LogP contribution is 2.55. The monoisotopic (exact) mass is 449 g/mol. The summed E-state index contributed by atoms with van der Waals surface area (Å²) >= 11 is 8.30. The summed E-state index contributed by atoms with van der Waals surface area (Å²) in [6.07, 6.45) is 0. The molecular formula is C21H23NO4S3. The van der Waals surface area contributed by atoms with Crippen molar-refractivity contribution in [2.75, 3.05) is 18.5 Å². The molecule has 1 aromatic rings. The summed E-state index contributed by atoms with van der Waals surface area (Å²) in [6, 6.07) is 6.14. The van der Waals surface area contributed by atoms with Crippen LogP contribution in [-0.2, 0) is 19.1 Å². The summed E-state index contributed by atoms with van der Waals surface area (Å²) in [5, 5.41) is 3.48. The molecule has 1 N–H and O–H groups in total. The predicted octanol–water partition coefficient (Wildman–Crippen LogP) is 5.06. The first-order valence-electron chi connectivity index (χ1n) is 9.32. The van der Waals surface area contributed by atoms with E-state index in [4.69, 9.17) is 21.7 Å². The van der Waals surface area contributed by atoms with Crippen molar-refractivity contribution in [1.29, 1.82) is 0 Å². The maximum Gasteiger partial charge on any atom is 0.346 e. The second-order valence-electron chi connectivity index (χ2n) is 7.09. The molecule has 29 heavy (non-hydrogen) atoms. The smallest absolute Gasteiger partial charge is 0.346 e. The first kappa shape index (κ1) is 21.9. The number of hydrogen-bond donors (Lipinski definition) is 1. The van der Waals surface area contributed by atoms with E-state index in [1.807, 2.05) is 32.9 Å². The number of ether oxygens (including phenoxy) is 2. The number of fused-ring (bicyclic) bond motifs is 1. The van der Waals surface area contributed by atoms with Crippen LogP contribution in [-0.4, -0.2) is 35.6 Å². The second-order valence-corrected chi connectivity index (χ2v) is 9.80. The number of thioether (sulfide) groups is 2. The molecule has 0 bridgehead atoms. The summed E-state index contributed by atoms with van der Waals surface area (Å²) in [5.74, 6) is -1.04. The lowest BCUT2D eigenvalue weighted by atomic mass is 9.85. The fraction of sp³-hybridized carbons (Fsp3) is 0.381. The highest BCUT2D eigenvalue weighted by molar-refractivity contribution is 8.29. The van der Waals surface area contributed by atoms with Crippen LogP contribution >= 0.6 is 35.7 Å². The van der Waals surface area contributed by atoms with Crippen LogP contribution in [0, 0.1) is 6.92 Å². The molecule has 0 atom stereocenters. The zero-order chi connectivity index (χ0) is 21.3. The van der Waals surface area contributed by atoms with Gasteiger partial charge in [-0.3, -0.25) is 0 Å². The minimum atomic E-state index is -0.521. The zero-order valence-electron chi connectivity index (χ0n) is 17.0. The summed E-state index contributed by atoms with van der Waals surface area (Å²) in [4.78, 5) is 26.3. The number of aryl methyl sites for hydroxylation is 1. The molecule has 3 rings (SSSR count). The topological polar surface area (TPSA) is 64.6 Å². The lowest BCUT2D eigenvalue weighted by molar-refractivity contribution is -0.140. The second kappa shape index (κ2) is 8.53. The van der Waals surface area contributed by atoms with E-state index in [0.29, 0.717) is 0 Å². The molecule has 0 amide bonds. The summed E-state index contributed by atoms with van der Waals surface area (Å²) in [7, 11) is 0. The Morgan fingerprint density at radius 2 is 1.62 bits per heavy atom. The molecule has 8 heteroatoms. The van der Waals surface area contributed by atoms with Crippen molar-refractivity contribution in [3.05, 3.63) is 43.4 Å². The molecule has 2 heterocycles. The Kier molecular flexibility index (Phi) is 6.45. The maximum absolute atomic E-state index is 12.5. The Morgan fingerprint density at radius 1 is 1.07 bits per heavy atom. The van der Waals surface area contributed by atoms with Crippen molar-refractivity contribution in [3.63, 3.8) is 0 Å². The van der Waals surface area contributed by atoms with Crippen LogP contribution in [0.2, 0.25) is 0 Å². The van der Waals surface area contributed by atoms with Gasteiger partial charge in [-0.05, 0) is 46.8 Å². The molecular weight excluding hydrogens is 426 g/mol. The zero-order valence-corrected chi connectivity index (χ0v) is 19.5.